The van der Waals surface area contributed by atoms with E-state index < -0.39 is 5.97 Å². The number of carbonyl (C=O) groups excluding carboxylic acids is 1. The van der Waals surface area contributed by atoms with E-state index in [0.29, 0.717) is 16.5 Å². The van der Waals surface area contributed by atoms with Crippen molar-refractivity contribution in [3.8, 4) is 11.6 Å². The number of nitrogen functional groups attached to an aromatic ring is 1. The molecule has 2 rings (SSSR count). The Labute approximate surface area is 114 Å². The van der Waals surface area contributed by atoms with Crippen molar-refractivity contribution in [3.63, 3.8) is 0 Å². The largest absolute Gasteiger partial charge is 0.464 e. The fraction of sp³-hybridized carbons (Fsp3) is 0.0833. The van der Waals surface area contributed by atoms with Gasteiger partial charge in [-0.3, -0.25) is 4.98 Å². The quantitative estimate of drug-likeness (QED) is 0.685. The number of carbonyl (C=O) groups is 1. The molecule has 0 aliphatic carbocycles. The van der Waals surface area contributed by atoms with E-state index in [1.807, 2.05) is 0 Å². The Kier molecular flexibility index (Phi) is 3.82. The maximum atomic E-state index is 11.3. The highest BCUT2D eigenvalue weighted by atomic mass is 35.5. The number of halogens is 1. The van der Waals surface area contributed by atoms with Crippen molar-refractivity contribution in [2.45, 2.75) is 0 Å². The van der Waals surface area contributed by atoms with Crippen LogP contribution in [0.2, 0.25) is 5.02 Å². The molecule has 0 bridgehead atoms. The van der Waals surface area contributed by atoms with E-state index >= 15 is 0 Å². The van der Waals surface area contributed by atoms with Crippen molar-refractivity contribution >= 4 is 23.3 Å². The monoisotopic (exact) mass is 279 g/mol. The number of nitrogens with zero attached hydrogens (tertiary/aromatic N) is 2. The van der Waals surface area contributed by atoms with Crippen LogP contribution >= 0.6 is 11.6 Å². The second kappa shape index (κ2) is 5.53. The zero-order valence-corrected chi connectivity index (χ0v) is 10.7. The number of anilines is 1. The van der Waals surface area contributed by atoms with Gasteiger partial charge < -0.3 is 15.2 Å². The van der Waals surface area contributed by atoms with Gasteiger partial charge >= 0.3 is 5.97 Å². The maximum absolute atomic E-state index is 11.3. The molecule has 0 spiro atoms. The Balaban J connectivity index is 2.26. The molecule has 0 fully saturated rings. The molecule has 19 heavy (non-hydrogen) atoms. The summed E-state index contributed by atoms with van der Waals surface area (Å²) < 4.78 is 9.98. The molecule has 0 saturated carbocycles. The summed E-state index contributed by atoms with van der Waals surface area (Å²) in [6.07, 6.45) is 2.64. The summed E-state index contributed by atoms with van der Waals surface area (Å²) in [5.74, 6) is -0.0836. The van der Waals surface area contributed by atoms with Crippen LogP contribution in [-0.2, 0) is 4.74 Å². The van der Waals surface area contributed by atoms with E-state index in [9.17, 15) is 4.79 Å². The first kappa shape index (κ1) is 13.1. The van der Waals surface area contributed by atoms with Crippen molar-refractivity contribution in [2.75, 3.05) is 12.8 Å². The SMILES string of the molecule is COC(=O)c1cncc(Oc2ccc(Cl)cc2N)n1. The normalized spacial score (nSPS) is 10.0. The number of ether oxygens (including phenoxy) is 2. The minimum absolute atomic E-state index is 0.0486. The average Bonchev–Trinajstić information content (AvgIpc) is 2.41. The van der Waals surface area contributed by atoms with Crippen LogP contribution in [0.3, 0.4) is 0 Å². The topological polar surface area (TPSA) is 87.3 Å². The molecule has 7 heteroatoms. The van der Waals surface area contributed by atoms with Gasteiger partial charge in [0.15, 0.2) is 11.4 Å². The lowest BCUT2D eigenvalue weighted by atomic mass is 10.3. The molecule has 0 saturated heterocycles. The fourth-order valence-electron chi connectivity index (χ4n) is 1.33. The van der Waals surface area contributed by atoms with Gasteiger partial charge in [0, 0.05) is 5.02 Å². The van der Waals surface area contributed by atoms with Gasteiger partial charge in [-0.15, -0.1) is 0 Å². The Hall–Kier alpha value is -2.34. The van der Waals surface area contributed by atoms with E-state index in [-0.39, 0.29) is 11.6 Å². The highest BCUT2D eigenvalue weighted by molar-refractivity contribution is 6.30. The van der Waals surface area contributed by atoms with Gasteiger partial charge in [0.2, 0.25) is 5.88 Å². The molecular weight excluding hydrogens is 270 g/mol. The summed E-state index contributed by atoms with van der Waals surface area (Å²) in [6, 6.07) is 4.78. The zero-order valence-electron chi connectivity index (χ0n) is 9.96. The third kappa shape index (κ3) is 3.11. The summed E-state index contributed by atoms with van der Waals surface area (Å²) in [6.45, 7) is 0. The van der Waals surface area contributed by atoms with Crippen LogP contribution in [0, 0.1) is 0 Å². The lowest BCUT2D eigenvalue weighted by molar-refractivity contribution is 0.0592. The van der Waals surface area contributed by atoms with Crippen LogP contribution in [-0.4, -0.2) is 23.0 Å². The van der Waals surface area contributed by atoms with Crippen molar-refractivity contribution in [1.29, 1.82) is 0 Å². The second-order valence-corrected chi connectivity index (χ2v) is 3.95. The molecule has 1 heterocycles. The van der Waals surface area contributed by atoms with Gasteiger partial charge in [-0.25, -0.2) is 9.78 Å². The Morgan fingerprint density at radius 2 is 2.16 bits per heavy atom. The number of methoxy groups -OCH3 is 1. The van der Waals surface area contributed by atoms with Crippen molar-refractivity contribution < 1.29 is 14.3 Å². The van der Waals surface area contributed by atoms with Crippen LogP contribution in [0.25, 0.3) is 0 Å². The molecule has 6 nitrogen and oxygen atoms in total. The third-order valence-corrected chi connectivity index (χ3v) is 2.43. The predicted molar refractivity (Wildman–Crippen MR) is 69.3 cm³/mol. The van der Waals surface area contributed by atoms with Crippen molar-refractivity contribution in [2.24, 2.45) is 0 Å². The molecule has 0 aliphatic rings. The maximum Gasteiger partial charge on any atom is 0.358 e. The van der Waals surface area contributed by atoms with E-state index in [1.165, 1.54) is 19.5 Å². The van der Waals surface area contributed by atoms with E-state index in [0.717, 1.165) is 0 Å². The van der Waals surface area contributed by atoms with Crippen LogP contribution in [0.4, 0.5) is 5.69 Å². The molecule has 0 atom stereocenters. The highest BCUT2D eigenvalue weighted by Crippen LogP contribution is 2.28. The van der Waals surface area contributed by atoms with Crippen LogP contribution in [0.1, 0.15) is 10.5 Å². The minimum atomic E-state index is -0.595. The first-order chi connectivity index (χ1) is 9.10. The molecule has 0 unspecified atom stereocenters. The number of esters is 1. The molecular formula is C12H10ClN3O3. The standard InChI is InChI=1S/C12H10ClN3O3/c1-18-12(17)9-5-15-6-11(16-9)19-10-3-2-7(13)4-8(10)14/h2-6H,14H2,1H3. The summed E-state index contributed by atoms with van der Waals surface area (Å²) >= 11 is 5.78. The number of rotatable bonds is 3. The van der Waals surface area contributed by atoms with Crippen LogP contribution in [0.5, 0.6) is 11.6 Å². The van der Waals surface area contributed by atoms with Crippen molar-refractivity contribution in [1.82, 2.24) is 9.97 Å². The smallest absolute Gasteiger partial charge is 0.358 e. The number of nitrogens with two attached hydrogens (primary N) is 1. The lowest BCUT2D eigenvalue weighted by Crippen LogP contribution is -2.05. The summed E-state index contributed by atoms with van der Waals surface area (Å²) in [4.78, 5) is 19.1. The van der Waals surface area contributed by atoms with Gasteiger partial charge in [0.1, 0.15) is 0 Å². The number of hydrogen-bond donors (Lipinski definition) is 1. The van der Waals surface area contributed by atoms with Crippen LogP contribution < -0.4 is 10.5 Å². The third-order valence-electron chi connectivity index (χ3n) is 2.19. The Bertz CT molecular complexity index is 619. The summed E-state index contributed by atoms with van der Waals surface area (Å²) in [5, 5.41) is 0.499. The predicted octanol–water partition coefficient (Wildman–Crippen LogP) is 2.29. The van der Waals surface area contributed by atoms with Crippen molar-refractivity contribution in [3.05, 3.63) is 41.3 Å². The average molecular weight is 280 g/mol. The molecule has 1 aromatic heterocycles. The van der Waals surface area contributed by atoms with Crippen LogP contribution in [0.15, 0.2) is 30.6 Å². The minimum Gasteiger partial charge on any atom is -0.464 e. The van der Waals surface area contributed by atoms with Gasteiger partial charge in [0.05, 0.1) is 25.2 Å². The van der Waals surface area contributed by atoms with E-state index in [4.69, 9.17) is 22.1 Å². The fourth-order valence-corrected chi connectivity index (χ4v) is 1.51. The molecule has 1 aromatic carbocycles. The first-order valence-corrected chi connectivity index (χ1v) is 5.61. The van der Waals surface area contributed by atoms with Gasteiger partial charge in [-0.1, -0.05) is 11.6 Å². The molecule has 2 N–H and O–H groups in total. The molecule has 0 amide bonds. The highest BCUT2D eigenvalue weighted by Gasteiger charge is 2.10. The van der Waals surface area contributed by atoms with Gasteiger partial charge in [-0.2, -0.15) is 0 Å². The number of aromatic nitrogens is 2. The van der Waals surface area contributed by atoms with E-state index in [2.05, 4.69) is 14.7 Å². The Morgan fingerprint density at radius 1 is 1.37 bits per heavy atom. The molecule has 0 aliphatic heterocycles. The Morgan fingerprint density at radius 3 is 2.84 bits per heavy atom. The van der Waals surface area contributed by atoms with Gasteiger partial charge in [-0.05, 0) is 18.2 Å². The molecule has 2 aromatic rings. The zero-order chi connectivity index (χ0) is 13.8. The van der Waals surface area contributed by atoms with E-state index in [1.54, 1.807) is 18.2 Å². The summed E-state index contributed by atoms with van der Waals surface area (Å²) in [5.41, 5.74) is 6.15. The first-order valence-electron chi connectivity index (χ1n) is 5.23. The lowest BCUT2D eigenvalue weighted by Gasteiger charge is -2.08. The number of hydrogen-bond acceptors (Lipinski definition) is 6. The second-order valence-electron chi connectivity index (χ2n) is 3.52. The summed E-state index contributed by atoms with van der Waals surface area (Å²) in [7, 11) is 1.26. The van der Waals surface area contributed by atoms with Gasteiger partial charge in [0.25, 0.3) is 0 Å². The molecule has 0 radical (unpaired) electrons. The number of benzene rings is 1. The molecule has 98 valence electrons.